The lowest BCUT2D eigenvalue weighted by atomic mass is 10.1. The molecule has 1 heterocycles. The second-order valence-corrected chi connectivity index (χ2v) is 6.36. The highest BCUT2D eigenvalue weighted by molar-refractivity contribution is 6.06. The molecule has 1 aliphatic heterocycles. The number of carbonyl (C=O) groups excluding carboxylic acids is 2. The van der Waals surface area contributed by atoms with E-state index in [1.165, 1.54) is 0 Å². The van der Waals surface area contributed by atoms with E-state index in [1.807, 2.05) is 37.3 Å². The average Bonchev–Trinajstić information content (AvgIpc) is 2.72. The molecule has 0 unspecified atom stereocenters. The van der Waals surface area contributed by atoms with Gasteiger partial charge >= 0.3 is 0 Å². The van der Waals surface area contributed by atoms with Crippen LogP contribution in [0.15, 0.2) is 54.6 Å². The van der Waals surface area contributed by atoms with Gasteiger partial charge in [-0.1, -0.05) is 30.3 Å². The van der Waals surface area contributed by atoms with Crippen LogP contribution < -0.4 is 4.74 Å². The number of allylic oxidation sites excluding steroid dienone is 1. The van der Waals surface area contributed by atoms with Gasteiger partial charge in [0, 0.05) is 18.7 Å². The lowest BCUT2D eigenvalue weighted by Gasteiger charge is -2.26. The summed E-state index contributed by atoms with van der Waals surface area (Å²) in [5.41, 5.74) is 2.72. The summed E-state index contributed by atoms with van der Waals surface area (Å²) in [6, 6.07) is 14.7. The first-order valence-electron chi connectivity index (χ1n) is 9.00. The van der Waals surface area contributed by atoms with Crippen LogP contribution in [0, 0.1) is 6.92 Å². The monoisotopic (exact) mass is 365 g/mol. The van der Waals surface area contributed by atoms with Gasteiger partial charge in [0.25, 0.3) is 5.91 Å². The number of morpholine rings is 1. The molecule has 2 aromatic rings. The lowest BCUT2D eigenvalue weighted by molar-refractivity contribution is -0.137. The number of amides is 1. The molecule has 1 aliphatic rings. The molecule has 0 radical (unpaired) electrons. The predicted octanol–water partition coefficient (Wildman–Crippen LogP) is 3.13. The fraction of sp³-hybridized carbons (Fsp3) is 0.273. The maximum Gasteiger partial charge on any atom is 0.260 e. The number of aryl methyl sites for hydroxylation is 1. The number of hydrogen-bond donors (Lipinski definition) is 0. The molecule has 0 aliphatic carbocycles. The van der Waals surface area contributed by atoms with Crippen LogP contribution in [0.3, 0.4) is 0 Å². The average molecular weight is 365 g/mol. The Morgan fingerprint density at radius 3 is 2.48 bits per heavy atom. The molecule has 0 atom stereocenters. The van der Waals surface area contributed by atoms with Gasteiger partial charge in [-0.2, -0.15) is 0 Å². The molecule has 140 valence electrons. The Hall–Kier alpha value is -2.92. The zero-order valence-corrected chi connectivity index (χ0v) is 15.4. The smallest absolute Gasteiger partial charge is 0.260 e. The number of ether oxygens (including phenoxy) is 2. The minimum atomic E-state index is -0.0748. The standard InChI is InChI=1S/C22H23NO4/c1-17-4-2-3-5-18(17)8-11-21(24)19-6-9-20(10-7-19)27-16-22(25)23-12-14-26-15-13-23/h2-11H,12-16H2,1H3/b11-8+. The Kier molecular flexibility index (Phi) is 6.39. The van der Waals surface area contributed by atoms with Crippen molar-refractivity contribution in [3.63, 3.8) is 0 Å². The van der Waals surface area contributed by atoms with Crippen molar-refractivity contribution in [3.8, 4) is 5.75 Å². The van der Waals surface area contributed by atoms with Gasteiger partial charge in [-0.15, -0.1) is 0 Å². The first kappa shape index (κ1) is 18.9. The van der Waals surface area contributed by atoms with E-state index < -0.39 is 0 Å². The third-order valence-corrected chi connectivity index (χ3v) is 4.47. The zero-order valence-electron chi connectivity index (χ0n) is 15.4. The second-order valence-electron chi connectivity index (χ2n) is 6.36. The van der Waals surface area contributed by atoms with Crippen molar-refractivity contribution in [1.82, 2.24) is 4.90 Å². The molecule has 0 N–H and O–H groups in total. The van der Waals surface area contributed by atoms with E-state index in [2.05, 4.69) is 0 Å². The second kappa shape index (κ2) is 9.14. The first-order valence-corrected chi connectivity index (χ1v) is 9.00. The maximum atomic E-state index is 12.3. The highest BCUT2D eigenvalue weighted by Gasteiger charge is 2.17. The third-order valence-electron chi connectivity index (χ3n) is 4.47. The van der Waals surface area contributed by atoms with E-state index in [9.17, 15) is 9.59 Å². The minimum absolute atomic E-state index is 0.0134. The van der Waals surface area contributed by atoms with Crippen molar-refractivity contribution < 1.29 is 19.1 Å². The van der Waals surface area contributed by atoms with Crippen LogP contribution in [-0.2, 0) is 9.53 Å². The molecule has 0 bridgehead atoms. The van der Waals surface area contributed by atoms with Crippen LogP contribution in [0.2, 0.25) is 0 Å². The molecule has 2 aromatic carbocycles. The molecule has 5 heteroatoms. The fourth-order valence-corrected chi connectivity index (χ4v) is 2.80. The van der Waals surface area contributed by atoms with Gasteiger partial charge in [-0.25, -0.2) is 0 Å². The van der Waals surface area contributed by atoms with Crippen molar-refractivity contribution in [2.45, 2.75) is 6.92 Å². The van der Waals surface area contributed by atoms with E-state index in [-0.39, 0.29) is 18.3 Å². The molecule has 1 amide bonds. The van der Waals surface area contributed by atoms with Crippen LogP contribution in [0.4, 0.5) is 0 Å². The molecular formula is C22H23NO4. The number of hydrogen-bond acceptors (Lipinski definition) is 4. The van der Waals surface area contributed by atoms with E-state index in [1.54, 1.807) is 35.2 Å². The van der Waals surface area contributed by atoms with Gasteiger partial charge in [-0.05, 0) is 48.4 Å². The highest BCUT2D eigenvalue weighted by Crippen LogP contribution is 2.15. The molecular weight excluding hydrogens is 342 g/mol. The Labute approximate surface area is 159 Å². The highest BCUT2D eigenvalue weighted by atomic mass is 16.5. The summed E-state index contributed by atoms with van der Waals surface area (Å²) in [6.07, 6.45) is 3.39. The van der Waals surface area contributed by atoms with Crippen LogP contribution in [0.5, 0.6) is 5.75 Å². The minimum Gasteiger partial charge on any atom is -0.484 e. The van der Waals surface area contributed by atoms with Crippen molar-refractivity contribution >= 4 is 17.8 Å². The third kappa shape index (κ3) is 5.28. The first-order chi connectivity index (χ1) is 13.1. The van der Waals surface area contributed by atoms with Gasteiger partial charge in [0.15, 0.2) is 12.4 Å². The predicted molar refractivity (Wildman–Crippen MR) is 104 cm³/mol. The Balaban J connectivity index is 1.54. The quantitative estimate of drug-likeness (QED) is 0.583. The number of rotatable bonds is 6. The Bertz CT molecular complexity index is 820. The summed E-state index contributed by atoms with van der Waals surface area (Å²) < 4.78 is 10.8. The molecule has 5 nitrogen and oxygen atoms in total. The van der Waals surface area contributed by atoms with Crippen molar-refractivity contribution in [3.05, 3.63) is 71.3 Å². The number of carbonyl (C=O) groups is 2. The topological polar surface area (TPSA) is 55.8 Å². The van der Waals surface area contributed by atoms with Crippen molar-refractivity contribution in [2.75, 3.05) is 32.9 Å². The normalized spacial score (nSPS) is 14.3. The van der Waals surface area contributed by atoms with E-state index in [0.717, 1.165) is 11.1 Å². The largest absolute Gasteiger partial charge is 0.484 e. The van der Waals surface area contributed by atoms with Gasteiger partial charge < -0.3 is 14.4 Å². The lowest BCUT2D eigenvalue weighted by Crippen LogP contribution is -2.42. The summed E-state index contributed by atoms with van der Waals surface area (Å²) in [4.78, 5) is 26.1. The fourth-order valence-electron chi connectivity index (χ4n) is 2.80. The van der Waals surface area contributed by atoms with Gasteiger partial charge in [0.1, 0.15) is 5.75 Å². The Morgan fingerprint density at radius 1 is 1.07 bits per heavy atom. The summed E-state index contributed by atoms with van der Waals surface area (Å²) >= 11 is 0. The van der Waals surface area contributed by atoms with Crippen LogP contribution in [0.25, 0.3) is 6.08 Å². The summed E-state index contributed by atoms with van der Waals surface area (Å²) in [6.45, 7) is 4.33. The molecule has 0 aromatic heterocycles. The summed E-state index contributed by atoms with van der Waals surface area (Å²) in [7, 11) is 0. The molecule has 1 saturated heterocycles. The zero-order chi connectivity index (χ0) is 19.1. The number of nitrogens with zero attached hydrogens (tertiary/aromatic N) is 1. The van der Waals surface area contributed by atoms with E-state index in [0.29, 0.717) is 37.6 Å². The van der Waals surface area contributed by atoms with Crippen LogP contribution in [0.1, 0.15) is 21.5 Å². The van der Waals surface area contributed by atoms with E-state index >= 15 is 0 Å². The van der Waals surface area contributed by atoms with Gasteiger partial charge in [0.05, 0.1) is 13.2 Å². The van der Waals surface area contributed by atoms with Crippen LogP contribution in [-0.4, -0.2) is 49.5 Å². The van der Waals surface area contributed by atoms with E-state index in [4.69, 9.17) is 9.47 Å². The summed E-state index contributed by atoms with van der Waals surface area (Å²) in [5.74, 6) is 0.435. The van der Waals surface area contributed by atoms with Gasteiger partial charge in [-0.3, -0.25) is 9.59 Å². The molecule has 0 saturated carbocycles. The SMILES string of the molecule is Cc1ccccc1/C=C/C(=O)c1ccc(OCC(=O)N2CCOCC2)cc1. The molecule has 1 fully saturated rings. The summed E-state index contributed by atoms with van der Waals surface area (Å²) in [5, 5.41) is 0. The van der Waals surface area contributed by atoms with Gasteiger partial charge in [0.2, 0.25) is 0 Å². The van der Waals surface area contributed by atoms with Crippen LogP contribution >= 0.6 is 0 Å². The Morgan fingerprint density at radius 2 is 1.78 bits per heavy atom. The maximum absolute atomic E-state index is 12.3. The molecule has 27 heavy (non-hydrogen) atoms. The molecule has 3 rings (SSSR count). The van der Waals surface area contributed by atoms with Crippen molar-refractivity contribution in [2.24, 2.45) is 0 Å². The van der Waals surface area contributed by atoms with Crippen molar-refractivity contribution in [1.29, 1.82) is 0 Å². The molecule has 0 spiro atoms. The number of benzene rings is 2. The number of ketones is 1.